The van der Waals surface area contributed by atoms with Crippen LogP contribution in [0.3, 0.4) is 0 Å². The average Bonchev–Trinajstić information content (AvgIpc) is 2.60. The van der Waals surface area contributed by atoms with Crippen LogP contribution in [0.5, 0.6) is 0 Å². The molecule has 0 aliphatic rings. The minimum atomic E-state index is 0.0931. The Labute approximate surface area is 110 Å². The van der Waals surface area contributed by atoms with Crippen molar-refractivity contribution in [3.05, 3.63) is 29.7 Å². The van der Waals surface area contributed by atoms with Gasteiger partial charge in [-0.15, -0.1) is 0 Å². The van der Waals surface area contributed by atoms with Crippen molar-refractivity contribution in [2.24, 2.45) is 0 Å². The normalized spacial score (nSPS) is 12.1. The molecule has 0 bridgehead atoms. The van der Waals surface area contributed by atoms with E-state index in [9.17, 15) is 0 Å². The van der Waals surface area contributed by atoms with Gasteiger partial charge in [0, 0.05) is 24.7 Å². The van der Waals surface area contributed by atoms with Gasteiger partial charge in [0.05, 0.1) is 12.2 Å². The first kappa shape index (κ1) is 14.9. The van der Waals surface area contributed by atoms with E-state index in [0.717, 1.165) is 36.7 Å². The SMILES string of the molecule is C=C(C)CN(C)Cc1cc(CNC(C)(C)C)no1. The number of aromatic nitrogens is 1. The van der Waals surface area contributed by atoms with Crippen molar-refractivity contribution in [3.8, 4) is 0 Å². The molecule has 1 aromatic rings. The molecule has 0 aromatic carbocycles. The third-order valence-corrected chi connectivity index (χ3v) is 2.37. The van der Waals surface area contributed by atoms with E-state index in [1.54, 1.807) is 0 Å². The predicted octanol–water partition coefficient (Wildman–Crippen LogP) is 2.57. The Balaban J connectivity index is 2.45. The summed E-state index contributed by atoms with van der Waals surface area (Å²) in [6.07, 6.45) is 0. The van der Waals surface area contributed by atoms with Gasteiger partial charge in [0.25, 0.3) is 0 Å². The van der Waals surface area contributed by atoms with E-state index in [-0.39, 0.29) is 5.54 Å². The van der Waals surface area contributed by atoms with Crippen molar-refractivity contribution in [1.29, 1.82) is 0 Å². The summed E-state index contributed by atoms with van der Waals surface area (Å²) in [5.41, 5.74) is 2.19. The minimum Gasteiger partial charge on any atom is -0.360 e. The molecule has 0 amide bonds. The summed E-state index contributed by atoms with van der Waals surface area (Å²) in [6, 6.07) is 2.01. The molecular formula is C14H25N3O. The van der Waals surface area contributed by atoms with Crippen LogP contribution >= 0.6 is 0 Å². The Morgan fingerprint density at radius 3 is 2.72 bits per heavy atom. The average molecular weight is 251 g/mol. The topological polar surface area (TPSA) is 41.3 Å². The quantitative estimate of drug-likeness (QED) is 0.789. The van der Waals surface area contributed by atoms with E-state index >= 15 is 0 Å². The predicted molar refractivity (Wildman–Crippen MR) is 74.2 cm³/mol. The van der Waals surface area contributed by atoms with E-state index in [4.69, 9.17) is 4.52 Å². The second-order valence-electron chi connectivity index (χ2n) is 6.02. The Hall–Kier alpha value is -1.13. The van der Waals surface area contributed by atoms with Gasteiger partial charge >= 0.3 is 0 Å². The van der Waals surface area contributed by atoms with Gasteiger partial charge in [-0.2, -0.15) is 0 Å². The van der Waals surface area contributed by atoms with Crippen molar-refractivity contribution < 1.29 is 4.52 Å². The van der Waals surface area contributed by atoms with Gasteiger partial charge in [0.15, 0.2) is 5.76 Å². The first-order valence-corrected chi connectivity index (χ1v) is 6.29. The highest BCUT2D eigenvalue weighted by molar-refractivity contribution is 5.06. The van der Waals surface area contributed by atoms with Crippen LogP contribution in [0, 0.1) is 0 Å². The zero-order valence-electron chi connectivity index (χ0n) is 12.2. The molecule has 18 heavy (non-hydrogen) atoms. The molecular weight excluding hydrogens is 226 g/mol. The van der Waals surface area contributed by atoms with Crippen molar-refractivity contribution in [3.63, 3.8) is 0 Å². The number of hydrogen-bond acceptors (Lipinski definition) is 4. The van der Waals surface area contributed by atoms with E-state index in [1.807, 2.05) is 20.0 Å². The summed E-state index contributed by atoms with van der Waals surface area (Å²) < 4.78 is 5.32. The zero-order chi connectivity index (χ0) is 13.8. The molecule has 0 saturated heterocycles. The van der Waals surface area contributed by atoms with Gasteiger partial charge < -0.3 is 9.84 Å². The van der Waals surface area contributed by atoms with Gasteiger partial charge in [0.1, 0.15) is 0 Å². The molecule has 4 nitrogen and oxygen atoms in total. The lowest BCUT2D eigenvalue weighted by molar-refractivity contribution is 0.286. The van der Waals surface area contributed by atoms with Crippen molar-refractivity contribution in [1.82, 2.24) is 15.4 Å². The van der Waals surface area contributed by atoms with Gasteiger partial charge in [-0.05, 0) is 34.7 Å². The highest BCUT2D eigenvalue weighted by atomic mass is 16.5. The monoisotopic (exact) mass is 251 g/mol. The van der Waals surface area contributed by atoms with Crippen LogP contribution < -0.4 is 5.32 Å². The lowest BCUT2D eigenvalue weighted by Gasteiger charge is -2.19. The van der Waals surface area contributed by atoms with Crippen LogP contribution in [0.15, 0.2) is 22.7 Å². The third-order valence-electron chi connectivity index (χ3n) is 2.37. The standard InChI is InChI=1S/C14H25N3O/c1-11(2)9-17(6)10-13-7-12(16-18-13)8-15-14(3,4)5/h7,15H,1,8-10H2,2-6H3. The minimum absolute atomic E-state index is 0.0931. The largest absolute Gasteiger partial charge is 0.360 e. The summed E-state index contributed by atoms with van der Waals surface area (Å²) in [7, 11) is 2.05. The third kappa shape index (κ3) is 5.98. The number of rotatable bonds is 6. The second kappa shape index (κ2) is 6.16. The molecule has 1 N–H and O–H groups in total. The smallest absolute Gasteiger partial charge is 0.151 e. The van der Waals surface area contributed by atoms with E-state index in [0.29, 0.717) is 0 Å². The van der Waals surface area contributed by atoms with Crippen molar-refractivity contribution in [2.75, 3.05) is 13.6 Å². The molecule has 0 aliphatic carbocycles. The number of hydrogen-bond donors (Lipinski definition) is 1. The van der Waals surface area contributed by atoms with E-state index in [1.165, 1.54) is 0 Å². The lowest BCUT2D eigenvalue weighted by Crippen LogP contribution is -2.35. The highest BCUT2D eigenvalue weighted by Gasteiger charge is 2.11. The molecule has 1 aromatic heterocycles. The molecule has 0 fully saturated rings. The van der Waals surface area contributed by atoms with Crippen molar-refractivity contribution in [2.45, 2.75) is 46.3 Å². The first-order chi connectivity index (χ1) is 8.26. The Kier molecular flexibility index (Phi) is 5.11. The Morgan fingerprint density at radius 1 is 1.50 bits per heavy atom. The number of likely N-dealkylation sites (N-methyl/N-ethyl adjacent to an activating group) is 1. The summed E-state index contributed by atoms with van der Waals surface area (Å²) in [6.45, 7) is 14.7. The van der Waals surface area contributed by atoms with Crippen LogP contribution in [0.2, 0.25) is 0 Å². The van der Waals surface area contributed by atoms with Gasteiger partial charge in [-0.25, -0.2) is 0 Å². The molecule has 1 rings (SSSR count). The molecule has 0 atom stereocenters. The van der Waals surface area contributed by atoms with Crippen LogP contribution in [0.1, 0.15) is 39.1 Å². The maximum Gasteiger partial charge on any atom is 0.151 e. The molecule has 102 valence electrons. The van der Waals surface area contributed by atoms with Crippen LogP contribution in [-0.4, -0.2) is 29.2 Å². The molecule has 0 spiro atoms. The number of nitrogens with zero attached hydrogens (tertiary/aromatic N) is 2. The van der Waals surface area contributed by atoms with Crippen molar-refractivity contribution >= 4 is 0 Å². The van der Waals surface area contributed by atoms with Crippen LogP contribution in [-0.2, 0) is 13.1 Å². The van der Waals surface area contributed by atoms with Crippen LogP contribution in [0.25, 0.3) is 0 Å². The summed E-state index contributed by atoms with van der Waals surface area (Å²) in [5.74, 6) is 0.893. The molecule has 0 unspecified atom stereocenters. The fourth-order valence-corrected chi connectivity index (χ4v) is 1.65. The Bertz CT molecular complexity index is 390. The van der Waals surface area contributed by atoms with Crippen LogP contribution in [0.4, 0.5) is 0 Å². The highest BCUT2D eigenvalue weighted by Crippen LogP contribution is 2.09. The second-order valence-corrected chi connectivity index (χ2v) is 6.02. The van der Waals surface area contributed by atoms with Gasteiger partial charge in [-0.3, -0.25) is 4.90 Å². The first-order valence-electron chi connectivity index (χ1n) is 6.29. The molecule has 4 heteroatoms. The fraction of sp³-hybridized carbons (Fsp3) is 0.643. The van der Waals surface area contributed by atoms with E-state index < -0.39 is 0 Å². The molecule has 0 aliphatic heterocycles. The molecule has 0 saturated carbocycles. The maximum absolute atomic E-state index is 5.32. The van der Waals surface area contributed by atoms with Gasteiger partial charge in [0.2, 0.25) is 0 Å². The molecule has 0 radical (unpaired) electrons. The van der Waals surface area contributed by atoms with E-state index in [2.05, 4.69) is 42.7 Å². The summed E-state index contributed by atoms with van der Waals surface area (Å²) in [4.78, 5) is 2.16. The summed E-state index contributed by atoms with van der Waals surface area (Å²) in [5, 5.41) is 7.45. The van der Waals surface area contributed by atoms with Gasteiger partial charge in [-0.1, -0.05) is 17.3 Å². The molecule has 1 heterocycles. The Morgan fingerprint density at radius 2 is 2.17 bits per heavy atom. The zero-order valence-corrected chi connectivity index (χ0v) is 12.2. The summed E-state index contributed by atoms with van der Waals surface area (Å²) >= 11 is 0. The lowest BCUT2D eigenvalue weighted by atomic mass is 10.1. The maximum atomic E-state index is 5.32. The fourth-order valence-electron chi connectivity index (χ4n) is 1.65. The number of nitrogens with one attached hydrogen (secondary N) is 1.